The zero-order valence-electron chi connectivity index (χ0n) is 10.5. The Hall–Kier alpha value is -0.850. The van der Waals surface area contributed by atoms with E-state index in [1.54, 1.807) is 0 Å². The van der Waals surface area contributed by atoms with Gasteiger partial charge in [0.05, 0.1) is 0 Å². The molecule has 0 spiro atoms. The number of pyridine rings is 1. The summed E-state index contributed by atoms with van der Waals surface area (Å²) >= 11 is 0. The Morgan fingerprint density at radius 2 is 1.50 bits per heavy atom. The normalized spacial score (nSPS) is 11.9. The van der Waals surface area contributed by atoms with Gasteiger partial charge in [-0.25, -0.2) is 4.57 Å². The lowest BCUT2D eigenvalue weighted by Gasteiger charge is -2.19. The van der Waals surface area contributed by atoms with E-state index in [-0.39, 0.29) is 5.41 Å². The van der Waals surface area contributed by atoms with Crippen molar-refractivity contribution in [1.29, 1.82) is 0 Å². The van der Waals surface area contributed by atoms with Crippen molar-refractivity contribution < 1.29 is 4.57 Å². The van der Waals surface area contributed by atoms with Crippen molar-refractivity contribution in [2.45, 2.75) is 47.0 Å². The summed E-state index contributed by atoms with van der Waals surface area (Å²) in [6.07, 6.45) is 2.23. The molecule has 1 rings (SSSR count). The van der Waals surface area contributed by atoms with Crippen molar-refractivity contribution in [3.63, 3.8) is 0 Å². The van der Waals surface area contributed by atoms with E-state index in [1.165, 1.54) is 22.4 Å². The zero-order valence-corrected chi connectivity index (χ0v) is 10.5. The Balaban J connectivity index is 3.53. The van der Waals surface area contributed by atoms with Gasteiger partial charge >= 0.3 is 0 Å². The average molecular weight is 192 g/mol. The minimum absolute atomic E-state index is 0.220. The molecule has 0 unspecified atom stereocenters. The lowest BCUT2D eigenvalue weighted by Crippen LogP contribution is -2.41. The third-order valence-electron chi connectivity index (χ3n) is 2.96. The number of aromatic nitrogens is 1. The van der Waals surface area contributed by atoms with Crippen LogP contribution in [0.4, 0.5) is 0 Å². The Morgan fingerprint density at radius 1 is 1.00 bits per heavy atom. The smallest absolute Gasteiger partial charge is 0.189 e. The highest BCUT2D eigenvalue weighted by atomic mass is 14.9. The molecule has 0 aromatic carbocycles. The maximum Gasteiger partial charge on any atom is 0.189 e. The van der Waals surface area contributed by atoms with Crippen molar-refractivity contribution in [3.05, 3.63) is 28.6 Å². The van der Waals surface area contributed by atoms with E-state index in [0.29, 0.717) is 0 Å². The predicted molar refractivity (Wildman–Crippen MR) is 60.5 cm³/mol. The molecule has 0 saturated heterocycles. The first-order valence-corrected chi connectivity index (χ1v) is 5.22. The molecule has 0 bridgehead atoms. The highest BCUT2D eigenvalue weighted by molar-refractivity contribution is 5.33. The third-order valence-corrected chi connectivity index (χ3v) is 2.96. The molecule has 14 heavy (non-hydrogen) atoms. The molecule has 0 aliphatic carbocycles. The topological polar surface area (TPSA) is 3.88 Å². The summed E-state index contributed by atoms with van der Waals surface area (Å²) in [5.74, 6) is 0. The SMILES string of the molecule is Cc1c[n+](C)c(C(C)(C)C)c(C)c1C. The van der Waals surface area contributed by atoms with E-state index >= 15 is 0 Å². The fraction of sp³-hybridized carbons (Fsp3) is 0.615. The lowest BCUT2D eigenvalue weighted by molar-refractivity contribution is -0.683. The van der Waals surface area contributed by atoms with E-state index in [1.807, 2.05) is 0 Å². The molecule has 1 nitrogen and oxygen atoms in total. The van der Waals surface area contributed by atoms with Gasteiger partial charge in [-0.05, 0) is 26.3 Å². The van der Waals surface area contributed by atoms with Crippen LogP contribution in [0.1, 0.15) is 43.2 Å². The van der Waals surface area contributed by atoms with Crippen molar-refractivity contribution >= 4 is 0 Å². The van der Waals surface area contributed by atoms with E-state index in [0.717, 1.165) is 0 Å². The first-order chi connectivity index (χ1) is 6.25. The Bertz CT molecular complexity index is 356. The van der Waals surface area contributed by atoms with Gasteiger partial charge in [-0.2, -0.15) is 0 Å². The maximum absolute atomic E-state index is 2.27. The van der Waals surface area contributed by atoms with Crippen LogP contribution in [0.15, 0.2) is 6.20 Å². The Labute approximate surface area is 87.8 Å². The van der Waals surface area contributed by atoms with Crippen LogP contribution in [-0.2, 0) is 12.5 Å². The molecule has 0 saturated carbocycles. The van der Waals surface area contributed by atoms with Gasteiger partial charge in [-0.1, -0.05) is 20.8 Å². The number of aryl methyl sites for hydroxylation is 2. The molecule has 1 aromatic heterocycles. The van der Waals surface area contributed by atoms with Gasteiger partial charge in [0.2, 0.25) is 0 Å². The van der Waals surface area contributed by atoms with Gasteiger partial charge < -0.3 is 0 Å². The van der Waals surface area contributed by atoms with Crippen molar-refractivity contribution in [2.24, 2.45) is 7.05 Å². The van der Waals surface area contributed by atoms with Crippen molar-refractivity contribution in [2.75, 3.05) is 0 Å². The fourth-order valence-corrected chi connectivity index (χ4v) is 2.28. The zero-order chi connectivity index (χ0) is 11.1. The van der Waals surface area contributed by atoms with E-state index < -0.39 is 0 Å². The molecule has 1 aromatic rings. The summed E-state index contributed by atoms with van der Waals surface area (Å²) in [6, 6.07) is 0. The molecule has 1 heteroatoms. The summed E-state index contributed by atoms with van der Waals surface area (Å²) in [6.45, 7) is 13.4. The average Bonchev–Trinajstić information content (AvgIpc) is 1.97. The number of hydrogen-bond donors (Lipinski definition) is 0. The molecular weight excluding hydrogens is 170 g/mol. The van der Waals surface area contributed by atoms with Gasteiger partial charge in [0.15, 0.2) is 11.9 Å². The minimum Gasteiger partial charge on any atom is -0.204 e. The van der Waals surface area contributed by atoms with Crippen LogP contribution in [0, 0.1) is 20.8 Å². The summed E-state index contributed by atoms with van der Waals surface area (Å²) in [4.78, 5) is 0. The monoisotopic (exact) mass is 192 g/mol. The second kappa shape index (κ2) is 3.38. The largest absolute Gasteiger partial charge is 0.204 e. The molecule has 0 fully saturated rings. The van der Waals surface area contributed by atoms with Crippen LogP contribution in [0.3, 0.4) is 0 Å². The van der Waals surface area contributed by atoms with Crippen molar-refractivity contribution in [3.8, 4) is 0 Å². The van der Waals surface area contributed by atoms with Crippen LogP contribution in [-0.4, -0.2) is 0 Å². The second-order valence-electron chi connectivity index (χ2n) is 5.27. The maximum atomic E-state index is 2.27. The number of hydrogen-bond acceptors (Lipinski definition) is 0. The van der Waals surface area contributed by atoms with Crippen LogP contribution in [0.2, 0.25) is 0 Å². The molecule has 0 amide bonds. The van der Waals surface area contributed by atoms with Crippen LogP contribution in [0.25, 0.3) is 0 Å². The second-order valence-corrected chi connectivity index (χ2v) is 5.27. The predicted octanol–water partition coefficient (Wildman–Crippen LogP) is 2.73. The highest BCUT2D eigenvalue weighted by Crippen LogP contribution is 2.24. The standard InChI is InChI=1S/C13H22N/c1-9-8-14(7)12(13(4,5)6)11(3)10(9)2/h8H,1-7H3/q+1. The molecular formula is C13H22N+. The van der Waals surface area contributed by atoms with E-state index in [4.69, 9.17) is 0 Å². The molecule has 0 radical (unpaired) electrons. The molecule has 1 heterocycles. The molecule has 0 aliphatic rings. The van der Waals surface area contributed by atoms with Crippen LogP contribution >= 0.6 is 0 Å². The van der Waals surface area contributed by atoms with Crippen molar-refractivity contribution in [1.82, 2.24) is 0 Å². The summed E-state index contributed by atoms with van der Waals surface area (Å²) in [5, 5.41) is 0. The molecule has 0 N–H and O–H groups in total. The van der Waals surface area contributed by atoms with Crippen LogP contribution < -0.4 is 4.57 Å². The number of nitrogens with zero attached hydrogens (tertiary/aromatic N) is 1. The van der Waals surface area contributed by atoms with E-state index in [2.05, 4.69) is 59.4 Å². The third kappa shape index (κ3) is 1.82. The van der Waals surface area contributed by atoms with Gasteiger partial charge in [0.25, 0.3) is 0 Å². The first kappa shape index (κ1) is 11.2. The fourth-order valence-electron chi connectivity index (χ4n) is 2.28. The molecule has 0 atom stereocenters. The summed E-state index contributed by atoms with van der Waals surface area (Å²) < 4.78 is 2.26. The van der Waals surface area contributed by atoms with Crippen LogP contribution in [0.5, 0.6) is 0 Å². The first-order valence-electron chi connectivity index (χ1n) is 5.22. The van der Waals surface area contributed by atoms with Gasteiger partial charge in [0.1, 0.15) is 7.05 Å². The number of rotatable bonds is 0. The Morgan fingerprint density at radius 3 is 1.93 bits per heavy atom. The molecule has 78 valence electrons. The van der Waals surface area contributed by atoms with Gasteiger partial charge in [0, 0.05) is 16.5 Å². The summed E-state index contributed by atoms with van der Waals surface area (Å²) in [7, 11) is 2.14. The summed E-state index contributed by atoms with van der Waals surface area (Å²) in [5.41, 5.74) is 5.88. The van der Waals surface area contributed by atoms with E-state index in [9.17, 15) is 0 Å². The highest BCUT2D eigenvalue weighted by Gasteiger charge is 2.27. The minimum atomic E-state index is 0.220. The van der Waals surface area contributed by atoms with Gasteiger partial charge in [-0.3, -0.25) is 0 Å². The molecule has 0 aliphatic heterocycles. The quantitative estimate of drug-likeness (QED) is 0.556. The van der Waals surface area contributed by atoms with Gasteiger partial charge in [-0.15, -0.1) is 0 Å². The Kier molecular flexibility index (Phi) is 2.71. The lowest BCUT2D eigenvalue weighted by atomic mass is 9.86.